The zero-order chi connectivity index (χ0) is 45.4. The maximum absolute atomic E-state index is 9.57. The van der Waals surface area contributed by atoms with Crippen molar-refractivity contribution in [3.63, 3.8) is 0 Å². The maximum atomic E-state index is 9.57. The van der Waals surface area contributed by atoms with Crippen LogP contribution in [0, 0.1) is 0 Å². The molecule has 0 atom stereocenters. The van der Waals surface area contributed by atoms with Gasteiger partial charge >= 0.3 is 0 Å². The van der Waals surface area contributed by atoms with E-state index in [-0.39, 0.29) is 40.3 Å². The lowest BCUT2D eigenvalue weighted by molar-refractivity contribution is 1.70. The number of fused-ring (bicyclic) bond motifs is 8. The maximum Gasteiger partial charge on any atom is 0.0644 e. The van der Waals surface area contributed by atoms with Crippen LogP contribution in [0.2, 0.25) is 0 Å². The lowest BCUT2D eigenvalue weighted by Gasteiger charge is -2.18. The summed E-state index contributed by atoms with van der Waals surface area (Å²) in [7, 11) is 0. The molecule has 0 radical (unpaired) electrons. The number of hydrogen-bond acceptors (Lipinski definition) is 2. The van der Waals surface area contributed by atoms with Gasteiger partial charge in [-0.1, -0.05) is 109 Å². The van der Waals surface area contributed by atoms with Crippen molar-refractivity contribution in [3.05, 3.63) is 133 Å². The Morgan fingerprint density at radius 1 is 0.325 bits per heavy atom. The minimum Gasteiger partial charge on any atom is -0.135 e. The van der Waals surface area contributed by atoms with Gasteiger partial charge in [0.15, 0.2) is 0 Å². The molecule has 0 spiro atoms. The van der Waals surface area contributed by atoms with E-state index < -0.39 is 177 Å². The van der Waals surface area contributed by atoms with Crippen molar-refractivity contribution in [2.75, 3.05) is 0 Å². The summed E-state index contributed by atoms with van der Waals surface area (Å²) in [5, 5.41) is -2.75. The third kappa shape index (κ3) is 3.18. The van der Waals surface area contributed by atoms with E-state index in [1.165, 1.54) is 0 Å². The average molecular weight is 565 g/mol. The normalized spacial score (nSPS) is 19.7. The second kappa shape index (κ2) is 8.50. The number of hydrogen-bond donors (Lipinski definition) is 0. The van der Waals surface area contributed by atoms with Crippen molar-refractivity contribution in [3.8, 4) is 22.3 Å². The molecule has 0 fully saturated rings. The van der Waals surface area contributed by atoms with Gasteiger partial charge in [-0.05, 0) is 68.0 Å². The Kier molecular flexibility index (Phi) is 2.09. The van der Waals surface area contributed by atoms with E-state index in [1.807, 2.05) is 0 Å². The summed E-state index contributed by atoms with van der Waals surface area (Å²) < 4.78 is 196. The highest BCUT2D eigenvalue weighted by Gasteiger charge is 2.18. The van der Waals surface area contributed by atoms with Gasteiger partial charge in [-0.3, -0.25) is 0 Å². The molecular formula is C38H22S2. The highest BCUT2D eigenvalue weighted by atomic mass is 32.1. The predicted octanol–water partition coefficient (Wildman–Crippen LogP) is 12.1. The highest BCUT2D eigenvalue weighted by Crippen LogP contribution is 2.46. The molecule has 7 aromatic carbocycles. The van der Waals surface area contributed by atoms with Crippen LogP contribution in [0.25, 0.3) is 84.1 Å². The van der Waals surface area contributed by atoms with Gasteiger partial charge < -0.3 is 0 Å². The van der Waals surface area contributed by atoms with Gasteiger partial charge in [-0.15, -0.1) is 22.7 Å². The van der Waals surface area contributed by atoms with Crippen LogP contribution >= 0.6 is 22.7 Å². The van der Waals surface area contributed by atoms with E-state index in [1.54, 1.807) is 0 Å². The van der Waals surface area contributed by atoms with Crippen molar-refractivity contribution >= 4 is 84.6 Å². The first kappa shape index (κ1) is 9.85. The number of thiophene rings is 2. The quantitative estimate of drug-likeness (QED) is 0.183. The lowest BCUT2D eigenvalue weighted by Crippen LogP contribution is -1.90. The molecule has 0 bridgehead atoms. The predicted molar refractivity (Wildman–Crippen MR) is 178 cm³/mol. The van der Waals surface area contributed by atoms with Crippen LogP contribution in [0.1, 0.15) is 30.2 Å². The Bertz CT molecular complexity index is 3340. The molecule has 2 heterocycles. The summed E-state index contributed by atoms with van der Waals surface area (Å²) in [6, 6.07) is -15.3. The third-order valence-corrected chi connectivity index (χ3v) is 8.69. The minimum atomic E-state index is -0.854. The summed E-state index contributed by atoms with van der Waals surface area (Å²) in [6.07, 6.45) is 0. The molecule has 9 rings (SSSR count). The zero-order valence-electron chi connectivity index (χ0n) is 41.8. The third-order valence-electron chi connectivity index (χ3n) is 6.65. The first-order valence-corrected chi connectivity index (χ1v) is 13.4. The summed E-state index contributed by atoms with van der Waals surface area (Å²) >= 11 is 1.42. The summed E-state index contributed by atoms with van der Waals surface area (Å²) in [5.74, 6) is 0. The molecule has 2 heteroatoms. The SMILES string of the molecule is [2H]c1c([2H])c([2H])c2c(sc3c([2H])c(-c4c5c([2H])c([2H])c([2H])c([2H])c5c(-c5c([2H])c([2H])c6c(sc7c([2H])c([2H])c([2H])c([2H])c76)c5[2H])c5c([2H])c([2H])c([2H])c([2H])c45)c([2H])c([2H])c32)c1[2H]. The van der Waals surface area contributed by atoms with E-state index >= 15 is 0 Å². The van der Waals surface area contributed by atoms with Gasteiger partial charge in [0.25, 0.3) is 0 Å². The standard InChI is InChI=1S/C38H22S2/c1-2-12-30-29(11-1)37(23-17-19-27-25-9-5-7-15-33(25)39-35(27)21-23)31-13-3-4-14-32(31)38(30)24-18-20-28-26-10-6-8-16-34(26)40-36(28)22-24/h1-22H/i1D,2D,3D,4D,5D,6D,7D,8D,9D,10D,11D,12D,13D,14D,15D,16D,17D,18D,19D,20D,21D,22D. The minimum absolute atomic E-state index is 0.0415. The molecule has 0 N–H and O–H groups in total. The van der Waals surface area contributed by atoms with Gasteiger partial charge in [0, 0.05) is 40.3 Å². The fourth-order valence-electron chi connectivity index (χ4n) is 4.97. The molecule has 2 aromatic heterocycles. The van der Waals surface area contributed by atoms with E-state index in [4.69, 9.17) is 16.4 Å². The van der Waals surface area contributed by atoms with Crippen molar-refractivity contribution in [1.82, 2.24) is 0 Å². The van der Waals surface area contributed by atoms with Crippen LogP contribution in [0.5, 0.6) is 0 Å². The van der Waals surface area contributed by atoms with Crippen LogP contribution in [0.15, 0.2) is 133 Å². The Morgan fingerprint density at radius 2 is 0.650 bits per heavy atom. The first-order chi connectivity index (χ1) is 29.0. The largest absolute Gasteiger partial charge is 0.135 e. The van der Waals surface area contributed by atoms with Gasteiger partial charge in [0.1, 0.15) is 0 Å². The number of benzene rings is 7. The molecule has 186 valence electrons. The molecule has 0 saturated heterocycles. The molecule has 0 unspecified atom stereocenters. The van der Waals surface area contributed by atoms with Crippen LogP contribution in [-0.4, -0.2) is 0 Å². The van der Waals surface area contributed by atoms with Gasteiger partial charge in [0.05, 0.1) is 30.2 Å². The first-order valence-electron chi connectivity index (χ1n) is 22.8. The topological polar surface area (TPSA) is 0 Å². The Hall–Kier alpha value is -4.50. The average Bonchev–Trinajstić information content (AvgIpc) is 3.86. The lowest BCUT2D eigenvalue weighted by atomic mass is 9.86. The van der Waals surface area contributed by atoms with Crippen molar-refractivity contribution in [1.29, 1.82) is 0 Å². The smallest absolute Gasteiger partial charge is 0.0644 e. The van der Waals surface area contributed by atoms with E-state index in [0.29, 0.717) is 22.7 Å². The molecule has 0 amide bonds. The molecule has 0 nitrogen and oxygen atoms in total. The fourth-order valence-corrected chi connectivity index (χ4v) is 6.91. The van der Waals surface area contributed by atoms with Gasteiger partial charge in [0.2, 0.25) is 0 Å². The van der Waals surface area contributed by atoms with Gasteiger partial charge in [-0.25, -0.2) is 0 Å². The Labute approximate surface area is 270 Å². The highest BCUT2D eigenvalue weighted by molar-refractivity contribution is 7.26. The van der Waals surface area contributed by atoms with E-state index in [9.17, 15) is 13.7 Å². The molecule has 9 aromatic rings. The summed E-state index contributed by atoms with van der Waals surface area (Å²) in [4.78, 5) is 0. The number of rotatable bonds is 2. The fraction of sp³-hybridized carbons (Fsp3) is 0. The van der Waals surface area contributed by atoms with Crippen LogP contribution in [0.4, 0.5) is 0 Å². The summed E-state index contributed by atoms with van der Waals surface area (Å²) in [5.41, 5.74) is -2.09. The van der Waals surface area contributed by atoms with Gasteiger partial charge in [-0.2, -0.15) is 0 Å². The van der Waals surface area contributed by atoms with Crippen molar-refractivity contribution in [2.45, 2.75) is 0 Å². The van der Waals surface area contributed by atoms with Crippen molar-refractivity contribution in [2.24, 2.45) is 0 Å². The molecule has 0 aliphatic rings. The zero-order valence-corrected chi connectivity index (χ0v) is 21.4. The molecule has 0 aliphatic carbocycles. The van der Waals surface area contributed by atoms with Crippen LogP contribution in [-0.2, 0) is 0 Å². The second-order valence-corrected chi connectivity index (χ2v) is 10.8. The van der Waals surface area contributed by atoms with Crippen LogP contribution in [0.3, 0.4) is 0 Å². The Balaban J connectivity index is 1.59. The van der Waals surface area contributed by atoms with Crippen LogP contribution < -0.4 is 0 Å². The molecule has 0 saturated carbocycles. The molecule has 40 heavy (non-hydrogen) atoms. The molecule has 0 aliphatic heterocycles. The van der Waals surface area contributed by atoms with E-state index in [2.05, 4.69) is 0 Å². The van der Waals surface area contributed by atoms with Crippen molar-refractivity contribution < 1.29 is 30.2 Å². The second-order valence-electron chi connectivity index (χ2n) is 8.77. The monoisotopic (exact) mass is 564 g/mol. The van der Waals surface area contributed by atoms with E-state index in [0.717, 1.165) is 0 Å². The Morgan fingerprint density at radius 3 is 1.05 bits per heavy atom. The summed E-state index contributed by atoms with van der Waals surface area (Å²) in [6.45, 7) is 0. The molecular weight excluding hydrogens is 521 g/mol.